The number of nitrogens with zero attached hydrogens (tertiary/aromatic N) is 1. The van der Waals surface area contributed by atoms with Gasteiger partial charge in [-0.3, -0.25) is 9.78 Å². The molecule has 126 valence electrons. The van der Waals surface area contributed by atoms with Crippen LogP contribution in [0.25, 0.3) is 22.0 Å². The molecular formula is C23H18N2O. The predicted molar refractivity (Wildman–Crippen MR) is 106 cm³/mol. The van der Waals surface area contributed by atoms with E-state index in [1.807, 2.05) is 67.6 Å². The number of amides is 1. The van der Waals surface area contributed by atoms with Gasteiger partial charge in [0.05, 0.1) is 11.1 Å². The maximum Gasteiger partial charge on any atom is 0.256 e. The summed E-state index contributed by atoms with van der Waals surface area (Å²) >= 11 is 0. The molecule has 26 heavy (non-hydrogen) atoms. The zero-order valence-corrected chi connectivity index (χ0v) is 14.4. The van der Waals surface area contributed by atoms with Crippen molar-refractivity contribution in [1.29, 1.82) is 0 Å². The summed E-state index contributed by atoms with van der Waals surface area (Å²) in [4.78, 5) is 17.2. The number of pyridine rings is 1. The number of rotatable bonds is 3. The van der Waals surface area contributed by atoms with Crippen molar-refractivity contribution < 1.29 is 4.79 Å². The number of hydrogen-bond donors (Lipinski definition) is 1. The highest BCUT2D eigenvalue weighted by molar-refractivity contribution is 6.12. The normalized spacial score (nSPS) is 10.7. The van der Waals surface area contributed by atoms with Crippen LogP contribution in [-0.4, -0.2) is 10.9 Å². The Bertz CT molecular complexity index is 1090. The quantitative estimate of drug-likeness (QED) is 0.539. The van der Waals surface area contributed by atoms with Gasteiger partial charge in [-0.1, -0.05) is 54.1 Å². The van der Waals surface area contributed by atoms with E-state index in [4.69, 9.17) is 0 Å². The average Bonchev–Trinajstić information content (AvgIpc) is 2.68. The molecule has 4 aromatic rings. The van der Waals surface area contributed by atoms with E-state index in [1.165, 1.54) is 0 Å². The van der Waals surface area contributed by atoms with Crippen LogP contribution in [0.1, 0.15) is 15.9 Å². The maximum atomic E-state index is 12.8. The lowest BCUT2D eigenvalue weighted by Gasteiger charge is -2.10. The molecule has 0 aliphatic rings. The summed E-state index contributed by atoms with van der Waals surface area (Å²) in [6.07, 6.45) is 1.67. The first-order chi connectivity index (χ1) is 12.7. The molecule has 1 heterocycles. The van der Waals surface area contributed by atoms with Gasteiger partial charge in [0.1, 0.15) is 0 Å². The maximum absolute atomic E-state index is 12.8. The van der Waals surface area contributed by atoms with Crippen LogP contribution in [-0.2, 0) is 0 Å². The summed E-state index contributed by atoms with van der Waals surface area (Å²) < 4.78 is 0. The van der Waals surface area contributed by atoms with Crippen molar-refractivity contribution in [3.8, 4) is 11.1 Å². The van der Waals surface area contributed by atoms with E-state index in [-0.39, 0.29) is 5.91 Å². The van der Waals surface area contributed by atoms with Gasteiger partial charge in [-0.15, -0.1) is 0 Å². The Morgan fingerprint density at radius 3 is 2.50 bits per heavy atom. The molecule has 3 heteroatoms. The fourth-order valence-corrected chi connectivity index (χ4v) is 3.06. The average molecular weight is 338 g/mol. The molecular weight excluding hydrogens is 320 g/mol. The molecule has 0 unspecified atom stereocenters. The van der Waals surface area contributed by atoms with Crippen LogP contribution in [0.5, 0.6) is 0 Å². The van der Waals surface area contributed by atoms with E-state index >= 15 is 0 Å². The summed E-state index contributed by atoms with van der Waals surface area (Å²) in [6.45, 7) is 2.01. The topological polar surface area (TPSA) is 42.0 Å². The van der Waals surface area contributed by atoms with Crippen LogP contribution in [0, 0.1) is 6.92 Å². The zero-order chi connectivity index (χ0) is 17.9. The van der Waals surface area contributed by atoms with Crippen LogP contribution in [0.4, 0.5) is 5.69 Å². The Morgan fingerprint density at radius 1 is 0.846 bits per heavy atom. The summed E-state index contributed by atoms with van der Waals surface area (Å²) in [5.74, 6) is -0.131. The predicted octanol–water partition coefficient (Wildman–Crippen LogP) is 5.46. The van der Waals surface area contributed by atoms with Gasteiger partial charge in [0.15, 0.2) is 0 Å². The smallest absolute Gasteiger partial charge is 0.256 e. The molecule has 0 bridgehead atoms. The van der Waals surface area contributed by atoms with Crippen molar-refractivity contribution >= 4 is 22.5 Å². The number of hydrogen-bond acceptors (Lipinski definition) is 2. The number of nitrogens with one attached hydrogen (secondary N) is 1. The van der Waals surface area contributed by atoms with Gasteiger partial charge in [-0.2, -0.15) is 0 Å². The third-order valence-electron chi connectivity index (χ3n) is 4.37. The highest BCUT2D eigenvalue weighted by Crippen LogP contribution is 2.24. The molecule has 0 fully saturated rings. The monoisotopic (exact) mass is 338 g/mol. The minimum Gasteiger partial charge on any atom is -0.322 e. The Hall–Kier alpha value is -3.46. The Kier molecular flexibility index (Phi) is 4.20. The Balaban J connectivity index is 1.66. The van der Waals surface area contributed by atoms with Crippen molar-refractivity contribution in [3.05, 3.63) is 96.2 Å². The first kappa shape index (κ1) is 16.0. The lowest BCUT2D eigenvalue weighted by molar-refractivity contribution is 0.102. The van der Waals surface area contributed by atoms with Crippen LogP contribution in [0.2, 0.25) is 0 Å². The molecule has 0 aliphatic carbocycles. The number of carbonyl (C=O) groups is 1. The highest BCUT2D eigenvalue weighted by atomic mass is 16.1. The van der Waals surface area contributed by atoms with Gasteiger partial charge in [-0.25, -0.2) is 0 Å². The second-order valence-electron chi connectivity index (χ2n) is 6.28. The van der Waals surface area contributed by atoms with Crippen LogP contribution in [0.15, 0.2) is 85.1 Å². The number of aryl methyl sites for hydroxylation is 1. The molecule has 0 spiro atoms. The first-order valence-corrected chi connectivity index (χ1v) is 8.53. The largest absolute Gasteiger partial charge is 0.322 e. The lowest BCUT2D eigenvalue weighted by Crippen LogP contribution is -2.12. The first-order valence-electron chi connectivity index (χ1n) is 8.53. The van der Waals surface area contributed by atoms with E-state index < -0.39 is 0 Å². The van der Waals surface area contributed by atoms with Crippen LogP contribution in [0.3, 0.4) is 0 Å². The van der Waals surface area contributed by atoms with E-state index in [9.17, 15) is 4.79 Å². The molecule has 3 nitrogen and oxygen atoms in total. The van der Waals surface area contributed by atoms with Gasteiger partial charge in [0.25, 0.3) is 5.91 Å². The third-order valence-corrected chi connectivity index (χ3v) is 4.37. The molecule has 0 saturated carbocycles. The molecule has 0 radical (unpaired) electrons. The number of fused-ring (bicyclic) bond motifs is 1. The van der Waals surface area contributed by atoms with Crippen molar-refractivity contribution in [2.75, 3.05) is 5.32 Å². The SMILES string of the molecule is Cc1ccc2nccc(C(=O)Nc3cccc(-c4ccccc4)c3)c2c1. The molecule has 4 rings (SSSR count). The number of anilines is 1. The zero-order valence-electron chi connectivity index (χ0n) is 14.4. The fraction of sp³-hybridized carbons (Fsp3) is 0.0435. The molecule has 1 N–H and O–H groups in total. The second-order valence-corrected chi connectivity index (χ2v) is 6.28. The summed E-state index contributed by atoms with van der Waals surface area (Å²) in [7, 11) is 0. The molecule has 0 saturated heterocycles. The van der Waals surface area contributed by atoms with Crippen LogP contribution < -0.4 is 5.32 Å². The van der Waals surface area contributed by atoms with Crippen molar-refractivity contribution in [2.45, 2.75) is 6.92 Å². The third kappa shape index (κ3) is 3.20. The van der Waals surface area contributed by atoms with E-state index in [2.05, 4.69) is 22.4 Å². The van der Waals surface area contributed by atoms with Crippen molar-refractivity contribution in [1.82, 2.24) is 4.98 Å². The number of aromatic nitrogens is 1. The highest BCUT2D eigenvalue weighted by Gasteiger charge is 2.11. The number of benzene rings is 3. The van der Waals surface area contributed by atoms with E-state index in [0.29, 0.717) is 5.56 Å². The van der Waals surface area contributed by atoms with Gasteiger partial charge in [0, 0.05) is 17.3 Å². The summed E-state index contributed by atoms with van der Waals surface area (Å²) in [5.41, 5.74) is 5.51. The Morgan fingerprint density at radius 2 is 1.65 bits per heavy atom. The van der Waals surface area contributed by atoms with Crippen LogP contribution >= 0.6 is 0 Å². The molecule has 0 aliphatic heterocycles. The molecule has 1 aromatic heterocycles. The Labute approximate surface area is 152 Å². The standard InChI is InChI=1S/C23H18N2O/c1-16-10-11-22-21(14-16)20(12-13-24-22)23(26)25-19-9-5-8-18(15-19)17-6-3-2-4-7-17/h2-15H,1H3,(H,25,26). The van der Waals surface area contributed by atoms with Crippen molar-refractivity contribution in [2.24, 2.45) is 0 Å². The van der Waals surface area contributed by atoms with Gasteiger partial charge < -0.3 is 5.32 Å². The molecule has 1 amide bonds. The van der Waals surface area contributed by atoms with Gasteiger partial charge in [0.2, 0.25) is 0 Å². The lowest BCUT2D eigenvalue weighted by atomic mass is 10.0. The minimum atomic E-state index is -0.131. The fourth-order valence-electron chi connectivity index (χ4n) is 3.06. The summed E-state index contributed by atoms with van der Waals surface area (Å²) in [5, 5.41) is 3.88. The molecule has 0 atom stereocenters. The van der Waals surface area contributed by atoms with E-state index in [1.54, 1.807) is 12.3 Å². The van der Waals surface area contributed by atoms with E-state index in [0.717, 1.165) is 33.3 Å². The number of carbonyl (C=O) groups excluding carboxylic acids is 1. The van der Waals surface area contributed by atoms with Gasteiger partial charge >= 0.3 is 0 Å². The van der Waals surface area contributed by atoms with Crippen molar-refractivity contribution in [3.63, 3.8) is 0 Å². The molecule has 3 aromatic carbocycles. The minimum absolute atomic E-state index is 0.131. The second kappa shape index (κ2) is 6.81. The van der Waals surface area contributed by atoms with Gasteiger partial charge in [-0.05, 0) is 48.4 Å². The summed E-state index contributed by atoms with van der Waals surface area (Å²) in [6, 6.07) is 25.7.